The SMILES string of the molecule is Cc1ccc(C(C)C)c(OC(CCN2CCCCC2)c2ccccc2)c1. The van der Waals surface area contributed by atoms with Gasteiger partial charge in [-0.1, -0.05) is 62.7 Å². The van der Waals surface area contributed by atoms with Gasteiger partial charge in [-0.15, -0.1) is 0 Å². The van der Waals surface area contributed by atoms with Crippen LogP contribution in [0.2, 0.25) is 0 Å². The maximum Gasteiger partial charge on any atom is 0.125 e. The Morgan fingerprint density at radius 1 is 0.962 bits per heavy atom. The molecule has 0 saturated carbocycles. The van der Waals surface area contributed by atoms with Crippen molar-refractivity contribution in [3.63, 3.8) is 0 Å². The summed E-state index contributed by atoms with van der Waals surface area (Å²) in [6.07, 6.45) is 5.21. The van der Waals surface area contributed by atoms with Gasteiger partial charge in [0, 0.05) is 13.0 Å². The number of benzene rings is 2. The molecule has 2 aromatic rings. The van der Waals surface area contributed by atoms with Crippen LogP contribution < -0.4 is 4.74 Å². The molecule has 1 atom stereocenters. The van der Waals surface area contributed by atoms with E-state index in [1.54, 1.807) is 0 Å². The van der Waals surface area contributed by atoms with Crippen molar-refractivity contribution in [2.75, 3.05) is 19.6 Å². The summed E-state index contributed by atoms with van der Waals surface area (Å²) >= 11 is 0. The van der Waals surface area contributed by atoms with Crippen molar-refractivity contribution in [3.8, 4) is 5.75 Å². The van der Waals surface area contributed by atoms with Crippen LogP contribution in [0.5, 0.6) is 5.75 Å². The van der Waals surface area contributed by atoms with E-state index < -0.39 is 0 Å². The van der Waals surface area contributed by atoms with Crippen LogP contribution in [0.15, 0.2) is 48.5 Å². The molecule has 2 nitrogen and oxygen atoms in total. The van der Waals surface area contributed by atoms with Gasteiger partial charge in [-0.3, -0.25) is 0 Å². The fourth-order valence-corrected chi connectivity index (χ4v) is 3.82. The maximum absolute atomic E-state index is 6.64. The van der Waals surface area contributed by atoms with E-state index in [4.69, 9.17) is 4.74 Å². The fourth-order valence-electron chi connectivity index (χ4n) is 3.82. The van der Waals surface area contributed by atoms with Crippen molar-refractivity contribution in [3.05, 3.63) is 65.2 Å². The molecule has 2 aromatic carbocycles. The van der Waals surface area contributed by atoms with Crippen LogP contribution in [0.3, 0.4) is 0 Å². The minimum absolute atomic E-state index is 0.109. The molecular formula is C24H33NO. The van der Waals surface area contributed by atoms with E-state index in [2.05, 4.69) is 74.2 Å². The standard InChI is InChI=1S/C24H33NO/c1-19(2)22-13-12-20(3)18-24(22)26-23(21-10-6-4-7-11-21)14-17-25-15-8-5-9-16-25/h4,6-7,10-13,18-19,23H,5,8-9,14-17H2,1-3H3. The number of piperidine rings is 1. The number of aryl methyl sites for hydroxylation is 1. The molecule has 0 bridgehead atoms. The first kappa shape index (κ1) is 19.0. The molecule has 26 heavy (non-hydrogen) atoms. The third-order valence-corrected chi connectivity index (χ3v) is 5.39. The quantitative estimate of drug-likeness (QED) is 0.596. The van der Waals surface area contributed by atoms with Crippen molar-refractivity contribution in [1.82, 2.24) is 4.90 Å². The van der Waals surface area contributed by atoms with E-state index in [1.165, 1.54) is 49.0 Å². The molecular weight excluding hydrogens is 318 g/mol. The highest BCUT2D eigenvalue weighted by Gasteiger charge is 2.19. The summed E-state index contributed by atoms with van der Waals surface area (Å²) in [5, 5.41) is 0. The lowest BCUT2D eigenvalue weighted by Crippen LogP contribution is -2.32. The molecule has 0 amide bonds. The van der Waals surface area contributed by atoms with E-state index in [-0.39, 0.29) is 6.10 Å². The van der Waals surface area contributed by atoms with Crippen molar-refractivity contribution in [2.24, 2.45) is 0 Å². The van der Waals surface area contributed by atoms with Crippen LogP contribution in [-0.4, -0.2) is 24.5 Å². The van der Waals surface area contributed by atoms with Gasteiger partial charge >= 0.3 is 0 Å². The van der Waals surface area contributed by atoms with Crippen LogP contribution in [-0.2, 0) is 0 Å². The second-order valence-electron chi connectivity index (χ2n) is 7.90. The first-order valence-electron chi connectivity index (χ1n) is 10.2. The van der Waals surface area contributed by atoms with Gasteiger partial charge in [0.05, 0.1) is 0 Å². The number of hydrogen-bond acceptors (Lipinski definition) is 2. The number of ether oxygens (including phenoxy) is 1. The molecule has 1 heterocycles. The van der Waals surface area contributed by atoms with E-state index in [9.17, 15) is 0 Å². The zero-order valence-electron chi connectivity index (χ0n) is 16.6. The van der Waals surface area contributed by atoms with Gasteiger partial charge in [0.1, 0.15) is 11.9 Å². The van der Waals surface area contributed by atoms with E-state index in [1.807, 2.05) is 0 Å². The van der Waals surface area contributed by atoms with Crippen LogP contribution in [0.4, 0.5) is 0 Å². The smallest absolute Gasteiger partial charge is 0.125 e. The Bertz CT molecular complexity index is 674. The molecule has 1 aliphatic heterocycles. The molecule has 2 heteroatoms. The third-order valence-electron chi connectivity index (χ3n) is 5.39. The Hall–Kier alpha value is -1.80. The zero-order valence-corrected chi connectivity index (χ0v) is 16.6. The highest BCUT2D eigenvalue weighted by Crippen LogP contribution is 2.33. The number of likely N-dealkylation sites (tertiary alicyclic amines) is 1. The van der Waals surface area contributed by atoms with Gasteiger partial charge in [0.15, 0.2) is 0 Å². The summed E-state index contributed by atoms with van der Waals surface area (Å²) in [6.45, 7) is 10.2. The predicted molar refractivity (Wildman–Crippen MR) is 110 cm³/mol. The van der Waals surface area contributed by atoms with Crippen molar-refractivity contribution < 1.29 is 4.74 Å². The molecule has 0 spiro atoms. The molecule has 0 aromatic heterocycles. The number of hydrogen-bond donors (Lipinski definition) is 0. The third kappa shape index (κ3) is 5.11. The van der Waals surface area contributed by atoms with E-state index >= 15 is 0 Å². The molecule has 1 unspecified atom stereocenters. The monoisotopic (exact) mass is 351 g/mol. The minimum Gasteiger partial charge on any atom is -0.485 e. The summed E-state index contributed by atoms with van der Waals surface area (Å²) in [7, 11) is 0. The Morgan fingerprint density at radius 2 is 1.69 bits per heavy atom. The second kappa shape index (κ2) is 9.23. The van der Waals surface area contributed by atoms with Crippen LogP contribution >= 0.6 is 0 Å². The Kier molecular flexibility index (Phi) is 6.73. The van der Waals surface area contributed by atoms with Gasteiger partial charge in [-0.05, 0) is 61.5 Å². The number of rotatable bonds is 7. The van der Waals surface area contributed by atoms with Gasteiger partial charge in [-0.2, -0.15) is 0 Å². The lowest BCUT2D eigenvalue weighted by Gasteiger charge is -2.29. The Labute approximate surface area is 159 Å². The molecule has 1 aliphatic rings. The van der Waals surface area contributed by atoms with Crippen LogP contribution in [0.1, 0.15) is 68.2 Å². The normalized spacial score (nSPS) is 16.6. The summed E-state index contributed by atoms with van der Waals surface area (Å²) in [5.41, 5.74) is 3.84. The second-order valence-corrected chi connectivity index (χ2v) is 7.90. The first-order valence-corrected chi connectivity index (χ1v) is 10.2. The van der Waals surface area contributed by atoms with E-state index in [0.717, 1.165) is 18.7 Å². The van der Waals surface area contributed by atoms with Crippen molar-refractivity contribution >= 4 is 0 Å². The van der Waals surface area contributed by atoms with Crippen LogP contribution in [0.25, 0.3) is 0 Å². The summed E-state index contributed by atoms with van der Waals surface area (Å²) in [4.78, 5) is 2.60. The maximum atomic E-state index is 6.64. The Balaban J connectivity index is 1.78. The van der Waals surface area contributed by atoms with E-state index in [0.29, 0.717) is 5.92 Å². The minimum atomic E-state index is 0.109. The lowest BCUT2D eigenvalue weighted by atomic mass is 10.00. The molecule has 1 fully saturated rings. The molecule has 0 N–H and O–H groups in total. The van der Waals surface area contributed by atoms with Gasteiger partial charge < -0.3 is 9.64 Å². The lowest BCUT2D eigenvalue weighted by molar-refractivity contribution is 0.151. The zero-order chi connectivity index (χ0) is 18.4. The summed E-state index contributed by atoms with van der Waals surface area (Å²) in [5.74, 6) is 1.51. The molecule has 140 valence electrons. The largest absolute Gasteiger partial charge is 0.485 e. The summed E-state index contributed by atoms with van der Waals surface area (Å²) in [6, 6.07) is 17.3. The number of nitrogens with zero attached hydrogens (tertiary/aromatic N) is 1. The Morgan fingerprint density at radius 3 is 2.38 bits per heavy atom. The molecule has 0 radical (unpaired) electrons. The highest BCUT2D eigenvalue weighted by molar-refractivity contribution is 5.39. The molecule has 1 saturated heterocycles. The van der Waals surface area contributed by atoms with Gasteiger partial charge in [0.25, 0.3) is 0 Å². The summed E-state index contributed by atoms with van der Waals surface area (Å²) < 4.78 is 6.64. The van der Waals surface area contributed by atoms with Crippen molar-refractivity contribution in [1.29, 1.82) is 0 Å². The van der Waals surface area contributed by atoms with Gasteiger partial charge in [0.2, 0.25) is 0 Å². The van der Waals surface area contributed by atoms with Crippen molar-refractivity contribution in [2.45, 2.75) is 58.5 Å². The predicted octanol–water partition coefficient (Wildman–Crippen LogP) is 6.11. The topological polar surface area (TPSA) is 12.5 Å². The highest BCUT2D eigenvalue weighted by atomic mass is 16.5. The van der Waals surface area contributed by atoms with Crippen LogP contribution in [0, 0.1) is 6.92 Å². The fraction of sp³-hybridized carbons (Fsp3) is 0.500. The molecule has 0 aliphatic carbocycles. The average Bonchev–Trinajstić information content (AvgIpc) is 2.66. The van der Waals surface area contributed by atoms with Gasteiger partial charge in [-0.25, -0.2) is 0 Å². The average molecular weight is 352 g/mol. The molecule has 3 rings (SSSR count). The first-order chi connectivity index (χ1) is 12.6.